The lowest BCUT2D eigenvalue weighted by atomic mass is 10.2. The fourth-order valence-corrected chi connectivity index (χ4v) is 3.42. The molecule has 1 saturated heterocycles. The molecule has 1 aromatic carbocycles. The van der Waals surface area contributed by atoms with E-state index in [4.69, 9.17) is 0 Å². The Hall–Kier alpha value is -2.11. The quantitative estimate of drug-likeness (QED) is 0.864. The summed E-state index contributed by atoms with van der Waals surface area (Å²) in [5, 5.41) is 4.97. The van der Waals surface area contributed by atoms with Gasteiger partial charge in [0.1, 0.15) is 0 Å². The lowest BCUT2D eigenvalue weighted by Crippen LogP contribution is -2.44. The maximum Gasteiger partial charge on any atom is 0.251 e. The zero-order valence-corrected chi connectivity index (χ0v) is 15.0. The van der Waals surface area contributed by atoms with Crippen LogP contribution in [0.1, 0.15) is 11.8 Å². The third-order valence-corrected chi connectivity index (χ3v) is 5.07. The highest BCUT2D eigenvalue weighted by Gasteiger charge is 2.14. The Kier molecular flexibility index (Phi) is 5.33. The lowest BCUT2D eigenvalue weighted by molar-refractivity contribution is -0.112. The second-order valence-electron chi connectivity index (χ2n) is 6.13. The van der Waals surface area contributed by atoms with Gasteiger partial charge < -0.3 is 15.1 Å². The number of carbonyl (C=O) groups is 1. The SMILES string of the molecule is CC(=Cc1cccs1)C(=O)Nc1ccc(N2CCN(C)CC2)cc1. The Morgan fingerprint density at radius 3 is 2.46 bits per heavy atom. The Bertz CT molecular complexity index is 699. The maximum atomic E-state index is 12.3. The van der Waals surface area contributed by atoms with Crippen LogP contribution < -0.4 is 10.2 Å². The van der Waals surface area contributed by atoms with Gasteiger partial charge in [-0.3, -0.25) is 4.79 Å². The van der Waals surface area contributed by atoms with E-state index < -0.39 is 0 Å². The summed E-state index contributed by atoms with van der Waals surface area (Å²) in [6.45, 7) is 6.11. The number of hydrogen-bond acceptors (Lipinski definition) is 4. The van der Waals surface area contributed by atoms with Crippen molar-refractivity contribution in [1.82, 2.24) is 4.90 Å². The largest absolute Gasteiger partial charge is 0.369 e. The highest BCUT2D eigenvalue weighted by atomic mass is 32.1. The summed E-state index contributed by atoms with van der Waals surface area (Å²) in [5.41, 5.74) is 2.75. The van der Waals surface area contributed by atoms with Crippen LogP contribution in [0, 0.1) is 0 Å². The molecule has 1 amide bonds. The van der Waals surface area contributed by atoms with Crippen molar-refractivity contribution in [3.8, 4) is 0 Å². The standard InChI is InChI=1S/C19H23N3OS/c1-15(14-18-4-3-13-24-18)19(23)20-16-5-7-17(8-6-16)22-11-9-21(2)10-12-22/h3-8,13-14H,9-12H2,1-2H3,(H,20,23). The first-order chi connectivity index (χ1) is 11.6. The topological polar surface area (TPSA) is 35.6 Å². The Morgan fingerprint density at radius 2 is 1.83 bits per heavy atom. The Labute approximate surface area is 147 Å². The van der Waals surface area contributed by atoms with E-state index in [0.717, 1.165) is 36.7 Å². The molecule has 1 aromatic heterocycles. The van der Waals surface area contributed by atoms with Gasteiger partial charge in [-0.25, -0.2) is 0 Å². The number of piperazine rings is 1. The van der Waals surface area contributed by atoms with Crippen LogP contribution in [-0.2, 0) is 4.79 Å². The van der Waals surface area contributed by atoms with Gasteiger partial charge in [-0.15, -0.1) is 11.3 Å². The molecule has 3 rings (SSSR count). The molecule has 0 radical (unpaired) electrons. The first kappa shape index (κ1) is 16.7. The van der Waals surface area contributed by atoms with Crippen molar-refractivity contribution in [2.45, 2.75) is 6.92 Å². The molecule has 5 heteroatoms. The molecule has 1 N–H and O–H groups in total. The van der Waals surface area contributed by atoms with Crippen molar-refractivity contribution in [3.05, 3.63) is 52.2 Å². The van der Waals surface area contributed by atoms with Gasteiger partial charge in [-0.2, -0.15) is 0 Å². The summed E-state index contributed by atoms with van der Waals surface area (Å²) in [6, 6.07) is 12.1. The van der Waals surface area contributed by atoms with Gasteiger partial charge in [-0.05, 0) is 55.8 Å². The number of anilines is 2. The molecule has 1 aliphatic heterocycles. The third kappa shape index (κ3) is 4.24. The molecule has 0 saturated carbocycles. The van der Waals surface area contributed by atoms with Gasteiger partial charge in [0.2, 0.25) is 0 Å². The number of rotatable bonds is 4. The van der Waals surface area contributed by atoms with Crippen LogP contribution in [-0.4, -0.2) is 44.0 Å². The fraction of sp³-hybridized carbons (Fsp3) is 0.316. The van der Waals surface area contributed by atoms with Crippen LogP contribution in [0.15, 0.2) is 47.4 Å². The minimum Gasteiger partial charge on any atom is -0.369 e. The molecule has 24 heavy (non-hydrogen) atoms. The van der Waals surface area contributed by atoms with Crippen LogP contribution in [0.5, 0.6) is 0 Å². The number of nitrogens with one attached hydrogen (secondary N) is 1. The van der Waals surface area contributed by atoms with Gasteiger partial charge in [-0.1, -0.05) is 6.07 Å². The monoisotopic (exact) mass is 341 g/mol. The molecule has 1 aliphatic rings. The third-order valence-electron chi connectivity index (χ3n) is 4.25. The van der Waals surface area contributed by atoms with Crippen LogP contribution in [0.25, 0.3) is 6.08 Å². The number of hydrogen-bond donors (Lipinski definition) is 1. The smallest absolute Gasteiger partial charge is 0.251 e. The highest BCUT2D eigenvalue weighted by molar-refractivity contribution is 7.10. The zero-order valence-electron chi connectivity index (χ0n) is 14.2. The van der Waals surface area contributed by atoms with E-state index in [1.807, 2.05) is 42.6 Å². The molecule has 2 aromatic rings. The second-order valence-corrected chi connectivity index (χ2v) is 7.11. The summed E-state index contributed by atoms with van der Waals surface area (Å²) in [6.07, 6.45) is 1.92. The molecule has 4 nitrogen and oxygen atoms in total. The molecule has 0 bridgehead atoms. The van der Waals surface area contributed by atoms with Crippen molar-refractivity contribution in [2.75, 3.05) is 43.4 Å². The van der Waals surface area contributed by atoms with Gasteiger partial charge in [0.15, 0.2) is 0 Å². The molecule has 0 aliphatic carbocycles. The van der Waals surface area contributed by atoms with E-state index in [-0.39, 0.29) is 5.91 Å². The van der Waals surface area contributed by atoms with Gasteiger partial charge in [0, 0.05) is 48.0 Å². The van der Waals surface area contributed by atoms with E-state index in [1.54, 1.807) is 11.3 Å². The minimum absolute atomic E-state index is 0.0595. The van der Waals surface area contributed by atoms with E-state index in [9.17, 15) is 4.79 Å². The lowest BCUT2D eigenvalue weighted by Gasteiger charge is -2.34. The summed E-state index contributed by atoms with van der Waals surface area (Å²) >= 11 is 1.63. The summed E-state index contributed by atoms with van der Waals surface area (Å²) in [7, 11) is 2.15. The Balaban J connectivity index is 1.60. The number of nitrogens with zero attached hydrogens (tertiary/aromatic N) is 2. The normalized spacial score (nSPS) is 16.2. The molecule has 0 spiro atoms. The van der Waals surface area contributed by atoms with Crippen LogP contribution in [0.2, 0.25) is 0 Å². The molecular weight excluding hydrogens is 318 g/mol. The van der Waals surface area contributed by atoms with E-state index in [2.05, 4.69) is 34.3 Å². The number of benzene rings is 1. The number of carbonyl (C=O) groups excluding carboxylic acids is 1. The van der Waals surface area contributed by atoms with Crippen LogP contribution in [0.4, 0.5) is 11.4 Å². The number of amides is 1. The number of likely N-dealkylation sites (N-methyl/N-ethyl adjacent to an activating group) is 1. The van der Waals surface area contributed by atoms with Crippen molar-refractivity contribution < 1.29 is 4.79 Å². The molecule has 126 valence electrons. The van der Waals surface area contributed by atoms with Crippen molar-refractivity contribution in [3.63, 3.8) is 0 Å². The summed E-state index contributed by atoms with van der Waals surface area (Å²) in [5.74, 6) is -0.0595. The number of thiophene rings is 1. The second kappa shape index (κ2) is 7.64. The summed E-state index contributed by atoms with van der Waals surface area (Å²) in [4.78, 5) is 18.1. The zero-order chi connectivity index (χ0) is 16.9. The molecule has 2 heterocycles. The predicted octanol–water partition coefficient (Wildman–Crippen LogP) is 3.54. The predicted molar refractivity (Wildman–Crippen MR) is 103 cm³/mol. The van der Waals surface area contributed by atoms with Crippen LogP contribution >= 0.6 is 11.3 Å². The van der Waals surface area contributed by atoms with Crippen molar-refractivity contribution in [2.24, 2.45) is 0 Å². The Morgan fingerprint density at radius 1 is 1.12 bits per heavy atom. The average molecular weight is 341 g/mol. The fourth-order valence-electron chi connectivity index (χ4n) is 2.70. The molecule has 1 fully saturated rings. The van der Waals surface area contributed by atoms with Crippen molar-refractivity contribution >= 4 is 34.7 Å². The molecule has 0 atom stereocenters. The van der Waals surface area contributed by atoms with E-state index in [0.29, 0.717) is 5.57 Å². The average Bonchev–Trinajstić information content (AvgIpc) is 3.09. The highest BCUT2D eigenvalue weighted by Crippen LogP contribution is 2.20. The maximum absolute atomic E-state index is 12.3. The first-order valence-electron chi connectivity index (χ1n) is 8.18. The van der Waals surface area contributed by atoms with Gasteiger partial charge in [0.05, 0.1) is 0 Å². The van der Waals surface area contributed by atoms with E-state index >= 15 is 0 Å². The summed E-state index contributed by atoms with van der Waals surface area (Å²) < 4.78 is 0. The molecular formula is C19H23N3OS. The molecule has 0 unspecified atom stereocenters. The van der Waals surface area contributed by atoms with Gasteiger partial charge >= 0.3 is 0 Å². The van der Waals surface area contributed by atoms with E-state index in [1.165, 1.54) is 5.69 Å². The first-order valence-corrected chi connectivity index (χ1v) is 9.06. The van der Waals surface area contributed by atoms with Crippen LogP contribution in [0.3, 0.4) is 0 Å². The van der Waals surface area contributed by atoms with Crippen molar-refractivity contribution in [1.29, 1.82) is 0 Å². The van der Waals surface area contributed by atoms with Gasteiger partial charge in [0.25, 0.3) is 5.91 Å². The minimum atomic E-state index is -0.0595.